The minimum Gasteiger partial charge on any atom is -0.338 e. The topological polar surface area (TPSA) is 140 Å². The molecule has 1 N–H and O–H groups in total. The predicted octanol–water partition coefficient (Wildman–Crippen LogP) is 0.473. The summed E-state index contributed by atoms with van der Waals surface area (Å²) >= 11 is 0. The average molecular weight is 456 g/mol. The minimum atomic E-state index is -3.82. The van der Waals surface area contributed by atoms with Crippen LogP contribution in [0.5, 0.6) is 0 Å². The number of nitriles is 1. The SMILES string of the molecule is CC(=O)N1CC(=O)Nc2cc(S(=O)(=O)N3CCN(c4nc(C)cc(C#N)n4)CC3)ccc21. The summed E-state index contributed by atoms with van der Waals surface area (Å²) in [5.41, 5.74) is 1.68. The molecule has 1 saturated heterocycles. The second kappa shape index (κ2) is 8.18. The summed E-state index contributed by atoms with van der Waals surface area (Å²) in [6, 6.07) is 7.95. The Balaban J connectivity index is 1.54. The Morgan fingerprint density at radius 1 is 1.16 bits per heavy atom. The first-order valence-electron chi connectivity index (χ1n) is 9.92. The van der Waals surface area contributed by atoms with Gasteiger partial charge in [-0.15, -0.1) is 0 Å². The van der Waals surface area contributed by atoms with Crippen molar-refractivity contribution in [2.45, 2.75) is 18.7 Å². The van der Waals surface area contributed by atoms with Crippen LogP contribution in [0.15, 0.2) is 29.2 Å². The fraction of sp³-hybridized carbons (Fsp3) is 0.350. The van der Waals surface area contributed by atoms with E-state index in [1.54, 1.807) is 13.0 Å². The van der Waals surface area contributed by atoms with E-state index in [0.29, 0.717) is 30.4 Å². The van der Waals surface area contributed by atoms with Gasteiger partial charge in [0.1, 0.15) is 18.3 Å². The third kappa shape index (κ3) is 4.00. The second-order valence-corrected chi connectivity index (χ2v) is 9.47. The van der Waals surface area contributed by atoms with Gasteiger partial charge in [-0.3, -0.25) is 9.59 Å². The first kappa shape index (κ1) is 21.7. The van der Waals surface area contributed by atoms with Crippen LogP contribution in [0.2, 0.25) is 0 Å². The number of carbonyl (C=O) groups excluding carboxylic acids is 2. The Morgan fingerprint density at radius 3 is 2.53 bits per heavy atom. The van der Waals surface area contributed by atoms with Crippen LogP contribution < -0.4 is 15.1 Å². The lowest BCUT2D eigenvalue weighted by atomic mass is 10.2. The van der Waals surface area contributed by atoms with Crippen LogP contribution in [0, 0.1) is 18.3 Å². The molecule has 166 valence electrons. The lowest BCUT2D eigenvalue weighted by molar-refractivity contribution is -0.120. The molecule has 11 nitrogen and oxygen atoms in total. The van der Waals surface area contributed by atoms with E-state index in [0.717, 1.165) is 0 Å². The van der Waals surface area contributed by atoms with E-state index in [1.807, 2.05) is 11.0 Å². The largest absolute Gasteiger partial charge is 0.338 e. The fourth-order valence-corrected chi connectivity index (χ4v) is 5.19. The molecule has 3 heterocycles. The number of aromatic nitrogens is 2. The molecule has 2 aliphatic heterocycles. The number of rotatable bonds is 3. The van der Waals surface area contributed by atoms with Crippen LogP contribution in [0.1, 0.15) is 18.3 Å². The van der Waals surface area contributed by atoms with Crippen LogP contribution in [-0.2, 0) is 19.6 Å². The zero-order valence-electron chi connectivity index (χ0n) is 17.6. The molecule has 0 bridgehead atoms. The molecule has 0 radical (unpaired) electrons. The average Bonchev–Trinajstić information content (AvgIpc) is 2.77. The molecule has 1 aromatic carbocycles. The lowest BCUT2D eigenvalue weighted by Gasteiger charge is -2.34. The number of anilines is 3. The molecule has 0 saturated carbocycles. The van der Waals surface area contributed by atoms with E-state index in [2.05, 4.69) is 15.3 Å². The number of amides is 2. The molecule has 0 spiro atoms. The molecule has 12 heteroatoms. The van der Waals surface area contributed by atoms with Gasteiger partial charge in [-0.25, -0.2) is 18.4 Å². The van der Waals surface area contributed by atoms with Crippen molar-refractivity contribution in [2.75, 3.05) is 47.8 Å². The van der Waals surface area contributed by atoms with Gasteiger partial charge in [0.15, 0.2) is 0 Å². The molecule has 32 heavy (non-hydrogen) atoms. The maximum absolute atomic E-state index is 13.2. The van der Waals surface area contributed by atoms with E-state index < -0.39 is 10.0 Å². The Labute approximate surface area is 185 Å². The van der Waals surface area contributed by atoms with Gasteiger partial charge < -0.3 is 15.1 Å². The third-order valence-corrected chi connectivity index (χ3v) is 7.23. The molecule has 2 amide bonds. The first-order chi connectivity index (χ1) is 15.2. The van der Waals surface area contributed by atoms with Crippen molar-refractivity contribution in [2.24, 2.45) is 0 Å². The molecule has 1 fully saturated rings. The van der Waals surface area contributed by atoms with Crippen molar-refractivity contribution in [3.8, 4) is 6.07 Å². The smallest absolute Gasteiger partial charge is 0.244 e. The number of carbonyl (C=O) groups is 2. The van der Waals surface area contributed by atoms with Crippen LogP contribution in [0.3, 0.4) is 0 Å². The van der Waals surface area contributed by atoms with Crippen molar-refractivity contribution < 1.29 is 18.0 Å². The van der Waals surface area contributed by atoms with Crippen LogP contribution in [-0.4, -0.2) is 67.2 Å². The van der Waals surface area contributed by atoms with Crippen molar-refractivity contribution in [1.82, 2.24) is 14.3 Å². The Kier molecular flexibility index (Phi) is 5.53. The quantitative estimate of drug-likeness (QED) is 0.705. The monoisotopic (exact) mass is 455 g/mol. The summed E-state index contributed by atoms with van der Waals surface area (Å²) in [4.78, 5) is 35.5. The van der Waals surface area contributed by atoms with Gasteiger partial charge in [-0.2, -0.15) is 9.57 Å². The standard InChI is InChI=1S/C20H21N7O4S/c1-13-9-15(11-21)23-20(22-13)25-5-7-26(8-6-25)32(30,31)16-3-4-18-17(10-16)24-19(29)12-27(18)14(2)28/h3-4,9-10H,5-8,12H2,1-2H3,(H,24,29). The summed E-state index contributed by atoms with van der Waals surface area (Å²) in [5.74, 6) is -0.282. The molecule has 1 aromatic heterocycles. The van der Waals surface area contributed by atoms with Gasteiger partial charge >= 0.3 is 0 Å². The van der Waals surface area contributed by atoms with E-state index in [-0.39, 0.29) is 47.7 Å². The Hall–Kier alpha value is -3.56. The number of hydrogen-bond donors (Lipinski definition) is 1. The maximum atomic E-state index is 13.2. The number of aryl methyl sites for hydroxylation is 1. The van der Waals surface area contributed by atoms with Crippen molar-refractivity contribution in [1.29, 1.82) is 5.26 Å². The molecule has 2 aliphatic rings. The number of hydrogen-bond acceptors (Lipinski definition) is 8. The maximum Gasteiger partial charge on any atom is 0.244 e. The molecule has 2 aromatic rings. The van der Waals surface area contributed by atoms with Gasteiger partial charge in [0.25, 0.3) is 0 Å². The molecule has 4 rings (SSSR count). The molecule has 0 atom stereocenters. The summed E-state index contributed by atoms with van der Waals surface area (Å²) in [5, 5.41) is 11.8. The highest BCUT2D eigenvalue weighted by Crippen LogP contribution is 2.33. The second-order valence-electron chi connectivity index (χ2n) is 7.53. The number of nitrogens with zero attached hydrogens (tertiary/aromatic N) is 6. The summed E-state index contributed by atoms with van der Waals surface area (Å²) in [6.45, 7) is 4.18. The third-order valence-electron chi connectivity index (χ3n) is 5.33. The van der Waals surface area contributed by atoms with E-state index in [1.165, 1.54) is 34.3 Å². The zero-order chi connectivity index (χ0) is 23.0. The van der Waals surface area contributed by atoms with Crippen LogP contribution in [0.25, 0.3) is 0 Å². The molecular weight excluding hydrogens is 434 g/mol. The molecule has 0 aliphatic carbocycles. The first-order valence-corrected chi connectivity index (χ1v) is 11.4. The Morgan fingerprint density at radius 2 is 1.88 bits per heavy atom. The van der Waals surface area contributed by atoms with Crippen LogP contribution in [0.4, 0.5) is 17.3 Å². The fourth-order valence-electron chi connectivity index (χ4n) is 3.74. The predicted molar refractivity (Wildman–Crippen MR) is 116 cm³/mol. The normalized spacial score (nSPS) is 16.8. The van der Waals surface area contributed by atoms with Crippen molar-refractivity contribution in [3.63, 3.8) is 0 Å². The van der Waals surface area contributed by atoms with E-state index in [9.17, 15) is 18.0 Å². The summed E-state index contributed by atoms with van der Waals surface area (Å²) < 4.78 is 27.8. The van der Waals surface area contributed by atoms with Gasteiger partial charge in [-0.1, -0.05) is 0 Å². The van der Waals surface area contributed by atoms with Crippen molar-refractivity contribution >= 4 is 39.2 Å². The molecular formula is C20H21N7O4S. The lowest BCUT2D eigenvalue weighted by Crippen LogP contribution is -2.49. The number of fused-ring (bicyclic) bond motifs is 1. The summed E-state index contributed by atoms with van der Waals surface area (Å²) in [6.07, 6.45) is 0. The summed E-state index contributed by atoms with van der Waals surface area (Å²) in [7, 11) is -3.82. The molecule has 0 unspecified atom stereocenters. The Bertz CT molecular complexity index is 1250. The minimum absolute atomic E-state index is 0.0361. The van der Waals surface area contributed by atoms with Crippen LogP contribution >= 0.6 is 0 Å². The number of benzene rings is 1. The highest BCUT2D eigenvalue weighted by atomic mass is 32.2. The zero-order valence-corrected chi connectivity index (χ0v) is 18.4. The van der Waals surface area contributed by atoms with Gasteiger partial charge in [0.05, 0.1) is 16.3 Å². The highest BCUT2D eigenvalue weighted by Gasteiger charge is 2.32. The van der Waals surface area contributed by atoms with E-state index in [4.69, 9.17) is 5.26 Å². The number of sulfonamides is 1. The van der Waals surface area contributed by atoms with Crippen molar-refractivity contribution in [3.05, 3.63) is 35.7 Å². The van der Waals surface area contributed by atoms with Gasteiger partial charge in [0, 0.05) is 38.8 Å². The van der Waals surface area contributed by atoms with Gasteiger partial charge in [0.2, 0.25) is 27.8 Å². The number of nitrogens with one attached hydrogen (secondary N) is 1. The van der Waals surface area contributed by atoms with E-state index >= 15 is 0 Å². The van der Waals surface area contributed by atoms with Gasteiger partial charge in [-0.05, 0) is 31.2 Å². The highest BCUT2D eigenvalue weighted by molar-refractivity contribution is 7.89. The number of piperazine rings is 1.